The minimum atomic E-state index is 1.04. The van der Waals surface area contributed by atoms with Gasteiger partial charge in [0.2, 0.25) is 0 Å². The summed E-state index contributed by atoms with van der Waals surface area (Å²) in [7, 11) is 0. The van der Waals surface area contributed by atoms with Gasteiger partial charge in [-0.3, -0.25) is 0 Å². The van der Waals surface area contributed by atoms with E-state index in [1.165, 1.54) is 44.5 Å². The molecule has 0 atom stereocenters. The molecule has 0 bridgehead atoms. The van der Waals surface area contributed by atoms with Gasteiger partial charge >= 0.3 is 0 Å². The second-order valence-electron chi connectivity index (χ2n) is 11.2. The summed E-state index contributed by atoms with van der Waals surface area (Å²) in [4.78, 5) is 0. The lowest BCUT2D eigenvalue weighted by atomic mass is 9.94. The third-order valence-electron chi connectivity index (χ3n) is 7.99. The zero-order valence-electron chi connectivity index (χ0n) is 25.2. The van der Waals surface area contributed by atoms with Crippen molar-refractivity contribution >= 4 is 0 Å². The Morgan fingerprint density at radius 1 is 0.381 bits per heavy atom. The Bertz CT molecular complexity index is 1650. The van der Waals surface area contributed by atoms with Gasteiger partial charge in [0.15, 0.2) is 0 Å². The Labute approximate surface area is 252 Å². The van der Waals surface area contributed by atoms with E-state index in [1.807, 2.05) is 36.4 Å². The van der Waals surface area contributed by atoms with Crippen LogP contribution in [-0.4, -0.2) is 0 Å². The van der Waals surface area contributed by atoms with E-state index in [4.69, 9.17) is 0 Å². The van der Waals surface area contributed by atoms with Gasteiger partial charge in [-0.2, -0.15) is 0 Å². The molecule has 0 heteroatoms. The fourth-order valence-corrected chi connectivity index (χ4v) is 5.31. The van der Waals surface area contributed by atoms with Gasteiger partial charge < -0.3 is 0 Å². The molecule has 206 valence electrons. The van der Waals surface area contributed by atoms with Crippen LogP contribution in [0.2, 0.25) is 0 Å². The zero-order chi connectivity index (χ0) is 29.3. The average molecular weight is 543 g/mol. The van der Waals surface area contributed by atoms with Crippen molar-refractivity contribution in [2.75, 3.05) is 0 Å². The van der Waals surface area contributed by atoms with E-state index in [0.29, 0.717) is 0 Å². The molecular formula is C42H38. The molecule has 0 nitrogen and oxygen atoms in total. The van der Waals surface area contributed by atoms with Crippen molar-refractivity contribution in [1.82, 2.24) is 0 Å². The molecule has 0 aliphatic heterocycles. The summed E-state index contributed by atoms with van der Waals surface area (Å²) in [6, 6.07) is 38.7. The van der Waals surface area contributed by atoms with Crippen molar-refractivity contribution in [3.8, 4) is 23.7 Å². The fraction of sp³-hybridized carbons (Fsp3) is 0.190. The Hall–Kier alpha value is -4.78. The van der Waals surface area contributed by atoms with E-state index in [0.717, 1.165) is 47.9 Å². The number of rotatable bonds is 6. The van der Waals surface area contributed by atoms with Gasteiger partial charge in [-0.1, -0.05) is 96.5 Å². The van der Waals surface area contributed by atoms with Crippen molar-refractivity contribution in [3.63, 3.8) is 0 Å². The normalized spacial score (nSPS) is 10.4. The Balaban J connectivity index is 1.17. The second-order valence-corrected chi connectivity index (χ2v) is 11.2. The number of benzene rings is 5. The van der Waals surface area contributed by atoms with Gasteiger partial charge in [0.25, 0.3) is 0 Å². The Kier molecular flexibility index (Phi) is 9.39. The molecule has 5 rings (SSSR count). The number of hydrogen-bond donors (Lipinski definition) is 0. The SMILES string of the molecule is Cc1cc(CCc2ccc(CCc3cc(C)c(C#Cc4ccccc4)cc3C)cc2)c(C)cc1C#Cc1ccccc1. The van der Waals surface area contributed by atoms with E-state index in [1.54, 1.807) is 0 Å². The highest BCUT2D eigenvalue weighted by molar-refractivity contribution is 5.51. The molecule has 0 saturated carbocycles. The second kappa shape index (κ2) is 13.7. The molecule has 42 heavy (non-hydrogen) atoms. The average Bonchev–Trinajstić information content (AvgIpc) is 3.01. The standard InChI is InChI=1S/C42H38/c1-31-29-41(33(3)27-39(31)23-19-35-11-7-5-8-12-35)25-21-37-15-17-38(18-16-37)22-26-42-30-32(2)40(28-34(42)4)24-20-36-13-9-6-10-14-36/h5-18,27-30H,21-22,25-26H2,1-4H3. The van der Waals surface area contributed by atoms with E-state index in [-0.39, 0.29) is 0 Å². The van der Waals surface area contributed by atoms with Crippen LogP contribution in [-0.2, 0) is 25.7 Å². The van der Waals surface area contributed by atoms with Crippen LogP contribution in [0.15, 0.2) is 109 Å². The summed E-state index contributed by atoms with van der Waals surface area (Å²) in [5.74, 6) is 13.3. The van der Waals surface area contributed by atoms with Gasteiger partial charge in [0.05, 0.1) is 0 Å². The van der Waals surface area contributed by atoms with E-state index in [2.05, 4.69) is 124 Å². The molecule has 0 aromatic heterocycles. The zero-order valence-corrected chi connectivity index (χ0v) is 25.2. The van der Waals surface area contributed by atoms with Crippen molar-refractivity contribution in [2.45, 2.75) is 53.4 Å². The molecule has 5 aromatic carbocycles. The first-order chi connectivity index (χ1) is 20.4. The van der Waals surface area contributed by atoms with Crippen LogP contribution in [0, 0.1) is 51.4 Å². The number of aryl methyl sites for hydroxylation is 8. The van der Waals surface area contributed by atoms with E-state index in [9.17, 15) is 0 Å². The fourth-order valence-electron chi connectivity index (χ4n) is 5.31. The third kappa shape index (κ3) is 7.69. The summed E-state index contributed by atoms with van der Waals surface area (Å²) in [6.07, 6.45) is 4.16. The van der Waals surface area contributed by atoms with Gasteiger partial charge in [0.1, 0.15) is 0 Å². The monoisotopic (exact) mass is 542 g/mol. The van der Waals surface area contributed by atoms with Gasteiger partial charge in [0, 0.05) is 22.3 Å². The molecule has 5 aromatic rings. The first-order valence-electron chi connectivity index (χ1n) is 14.9. The maximum absolute atomic E-state index is 3.37. The lowest BCUT2D eigenvalue weighted by Gasteiger charge is -2.11. The molecule has 0 N–H and O–H groups in total. The van der Waals surface area contributed by atoms with Crippen molar-refractivity contribution in [1.29, 1.82) is 0 Å². The highest BCUT2D eigenvalue weighted by Gasteiger charge is 2.07. The first kappa shape index (κ1) is 28.7. The van der Waals surface area contributed by atoms with E-state index < -0.39 is 0 Å². The largest absolute Gasteiger partial charge is 0.0622 e. The van der Waals surface area contributed by atoms with Crippen LogP contribution in [0.1, 0.15) is 66.8 Å². The Morgan fingerprint density at radius 3 is 1.14 bits per heavy atom. The maximum Gasteiger partial charge on any atom is 0.0281 e. The minimum Gasteiger partial charge on any atom is -0.0622 e. The smallest absolute Gasteiger partial charge is 0.0281 e. The topological polar surface area (TPSA) is 0 Å². The maximum atomic E-state index is 3.37. The highest BCUT2D eigenvalue weighted by atomic mass is 14.1. The lowest BCUT2D eigenvalue weighted by Crippen LogP contribution is -1.99. The van der Waals surface area contributed by atoms with E-state index >= 15 is 0 Å². The van der Waals surface area contributed by atoms with Crippen LogP contribution < -0.4 is 0 Å². The van der Waals surface area contributed by atoms with Crippen LogP contribution in [0.5, 0.6) is 0 Å². The highest BCUT2D eigenvalue weighted by Crippen LogP contribution is 2.20. The predicted molar refractivity (Wildman–Crippen MR) is 178 cm³/mol. The van der Waals surface area contributed by atoms with Gasteiger partial charge in [-0.05, 0) is 134 Å². The molecule has 0 radical (unpaired) electrons. The summed E-state index contributed by atoms with van der Waals surface area (Å²) in [5, 5.41) is 0. The van der Waals surface area contributed by atoms with Gasteiger partial charge in [-0.15, -0.1) is 0 Å². The number of hydrogen-bond acceptors (Lipinski definition) is 0. The molecular weight excluding hydrogens is 504 g/mol. The van der Waals surface area contributed by atoms with Crippen LogP contribution in [0.4, 0.5) is 0 Å². The summed E-state index contributed by atoms with van der Waals surface area (Å²) in [6.45, 7) is 8.75. The molecule has 0 aliphatic carbocycles. The molecule has 0 fully saturated rings. The van der Waals surface area contributed by atoms with Gasteiger partial charge in [-0.25, -0.2) is 0 Å². The van der Waals surface area contributed by atoms with Crippen molar-refractivity contribution < 1.29 is 0 Å². The Morgan fingerprint density at radius 2 is 0.762 bits per heavy atom. The third-order valence-corrected chi connectivity index (χ3v) is 7.99. The first-order valence-corrected chi connectivity index (χ1v) is 14.9. The van der Waals surface area contributed by atoms with Crippen LogP contribution in [0.25, 0.3) is 0 Å². The summed E-state index contributed by atoms with van der Waals surface area (Å²) in [5.41, 5.74) is 15.0. The molecule has 0 aliphatic rings. The molecule has 0 spiro atoms. The molecule has 0 heterocycles. The van der Waals surface area contributed by atoms with Crippen molar-refractivity contribution in [3.05, 3.63) is 176 Å². The summed E-state index contributed by atoms with van der Waals surface area (Å²) < 4.78 is 0. The molecule has 0 saturated heterocycles. The summed E-state index contributed by atoms with van der Waals surface area (Å²) >= 11 is 0. The predicted octanol–water partition coefficient (Wildman–Crippen LogP) is 9.29. The van der Waals surface area contributed by atoms with Crippen molar-refractivity contribution in [2.24, 2.45) is 0 Å². The van der Waals surface area contributed by atoms with Crippen LogP contribution >= 0.6 is 0 Å². The van der Waals surface area contributed by atoms with Crippen LogP contribution in [0.3, 0.4) is 0 Å². The molecule has 0 unspecified atom stereocenters. The quantitative estimate of drug-likeness (QED) is 0.188. The lowest BCUT2D eigenvalue weighted by molar-refractivity contribution is 0.928. The minimum absolute atomic E-state index is 1.04. The molecule has 0 amide bonds.